The standard InChI is InChI=1S/C22H25N3O2S/c1-17(2)16-27-20-11-6-10-19(14-20)21(26)24-22(28)25(13-7-12-23)15-18-8-4-3-5-9-18/h3-6,8-11,14,17H,7,13,15-16H2,1-2H3,(H,24,26,28). The van der Waals surface area contributed by atoms with Gasteiger partial charge >= 0.3 is 0 Å². The summed E-state index contributed by atoms with van der Waals surface area (Å²) in [6.45, 7) is 5.69. The van der Waals surface area contributed by atoms with Gasteiger partial charge in [0, 0.05) is 18.7 Å². The molecular weight excluding hydrogens is 370 g/mol. The van der Waals surface area contributed by atoms with Gasteiger partial charge in [0.15, 0.2) is 5.11 Å². The van der Waals surface area contributed by atoms with Crippen molar-refractivity contribution in [1.29, 1.82) is 5.26 Å². The molecule has 0 saturated carbocycles. The highest BCUT2D eigenvalue weighted by atomic mass is 32.1. The van der Waals surface area contributed by atoms with E-state index in [0.29, 0.717) is 48.5 Å². The van der Waals surface area contributed by atoms with Crippen LogP contribution in [0, 0.1) is 17.2 Å². The van der Waals surface area contributed by atoms with Crippen molar-refractivity contribution >= 4 is 23.2 Å². The van der Waals surface area contributed by atoms with Gasteiger partial charge in [0.05, 0.1) is 19.1 Å². The summed E-state index contributed by atoms with van der Waals surface area (Å²) >= 11 is 5.44. The first-order chi connectivity index (χ1) is 13.5. The molecule has 0 aliphatic heterocycles. The first-order valence-corrected chi connectivity index (χ1v) is 9.64. The number of benzene rings is 2. The molecule has 1 N–H and O–H groups in total. The zero-order chi connectivity index (χ0) is 20.4. The molecule has 0 bridgehead atoms. The van der Waals surface area contributed by atoms with Gasteiger partial charge in [-0.15, -0.1) is 0 Å². The van der Waals surface area contributed by atoms with Gasteiger partial charge in [0.25, 0.3) is 5.91 Å². The first-order valence-electron chi connectivity index (χ1n) is 9.23. The van der Waals surface area contributed by atoms with Gasteiger partial charge in [-0.2, -0.15) is 5.26 Å². The molecule has 2 rings (SSSR count). The highest BCUT2D eigenvalue weighted by Crippen LogP contribution is 2.15. The van der Waals surface area contributed by atoms with Crippen LogP contribution in [0.25, 0.3) is 0 Å². The van der Waals surface area contributed by atoms with Crippen LogP contribution < -0.4 is 10.1 Å². The lowest BCUT2D eigenvalue weighted by atomic mass is 10.2. The Morgan fingerprint density at radius 1 is 1.21 bits per heavy atom. The van der Waals surface area contributed by atoms with Crippen LogP contribution in [0.5, 0.6) is 5.75 Å². The zero-order valence-corrected chi connectivity index (χ0v) is 17.0. The van der Waals surface area contributed by atoms with Crippen LogP contribution >= 0.6 is 12.2 Å². The van der Waals surface area contributed by atoms with Crippen molar-refractivity contribution in [2.45, 2.75) is 26.8 Å². The van der Waals surface area contributed by atoms with Gasteiger partial charge in [0.2, 0.25) is 0 Å². The molecule has 2 aromatic rings. The Kier molecular flexibility index (Phi) is 8.44. The van der Waals surface area contributed by atoms with Gasteiger partial charge in [-0.25, -0.2) is 0 Å². The second-order valence-electron chi connectivity index (χ2n) is 6.81. The minimum absolute atomic E-state index is 0.296. The Morgan fingerprint density at radius 3 is 2.64 bits per heavy atom. The summed E-state index contributed by atoms with van der Waals surface area (Å²) < 4.78 is 5.68. The normalized spacial score (nSPS) is 10.2. The second kappa shape index (κ2) is 11.1. The van der Waals surface area contributed by atoms with Crippen LogP contribution in [-0.2, 0) is 6.54 Å². The number of carbonyl (C=O) groups excluding carboxylic acids is 1. The third-order valence-corrected chi connectivity index (χ3v) is 4.26. The molecule has 0 unspecified atom stereocenters. The molecule has 1 amide bonds. The first kappa shape index (κ1) is 21.4. The lowest BCUT2D eigenvalue weighted by Gasteiger charge is -2.24. The number of thiocarbonyl (C=S) groups is 1. The number of carbonyl (C=O) groups is 1. The Morgan fingerprint density at radius 2 is 1.96 bits per heavy atom. The molecule has 6 heteroatoms. The lowest BCUT2D eigenvalue weighted by Crippen LogP contribution is -2.42. The smallest absolute Gasteiger partial charge is 0.257 e. The summed E-state index contributed by atoms with van der Waals surface area (Å²) in [6, 6.07) is 19.0. The number of rotatable bonds is 8. The maximum Gasteiger partial charge on any atom is 0.257 e. The number of amides is 1. The van der Waals surface area contributed by atoms with E-state index < -0.39 is 0 Å². The molecule has 146 valence electrons. The fourth-order valence-corrected chi connectivity index (χ4v) is 2.73. The molecule has 28 heavy (non-hydrogen) atoms. The molecule has 2 aromatic carbocycles. The molecule has 0 atom stereocenters. The van der Waals surface area contributed by atoms with Crippen molar-refractivity contribution in [1.82, 2.24) is 10.2 Å². The molecule has 0 spiro atoms. The van der Waals surface area contributed by atoms with E-state index >= 15 is 0 Å². The van der Waals surface area contributed by atoms with Crippen LogP contribution in [0.1, 0.15) is 36.2 Å². The third kappa shape index (κ3) is 7.01. The van der Waals surface area contributed by atoms with E-state index in [2.05, 4.69) is 25.2 Å². The van der Waals surface area contributed by atoms with Crippen molar-refractivity contribution in [3.8, 4) is 11.8 Å². The topological polar surface area (TPSA) is 65.4 Å². The van der Waals surface area contributed by atoms with Gasteiger partial charge in [-0.3, -0.25) is 10.1 Å². The lowest BCUT2D eigenvalue weighted by molar-refractivity contribution is 0.0972. The van der Waals surface area contributed by atoms with Crippen LogP contribution in [0.4, 0.5) is 0 Å². The van der Waals surface area contributed by atoms with Crippen molar-refractivity contribution in [3.05, 3.63) is 65.7 Å². The fourth-order valence-electron chi connectivity index (χ4n) is 2.48. The summed E-state index contributed by atoms with van der Waals surface area (Å²) in [5, 5.41) is 12.0. The van der Waals surface area contributed by atoms with E-state index in [0.717, 1.165) is 5.56 Å². The Balaban J connectivity index is 2.04. The molecule has 0 aromatic heterocycles. The maximum absolute atomic E-state index is 12.6. The highest BCUT2D eigenvalue weighted by molar-refractivity contribution is 7.80. The summed E-state index contributed by atoms with van der Waals surface area (Å²) in [5.41, 5.74) is 1.53. The van der Waals surface area contributed by atoms with Gasteiger partial charge in [-0.1, -0.05) is 50.2 Å². The summed E-state index contributed by atoms with van der Waals surface area (Å²) in [5.74, 6) is 0.754. The van der Waals surface area contributed by atoms with E-state index in [1.165, 1.54) is 0 Å². The van der Waals surface area contributed by atoms with E-state index in [-0.39, 0.29) is 5.91 Å². The van der Waals surface area contributed by atoms with Crippen molar-refractivity contribution in [3.63, 3.8) is 0 Å². The molecule has 0 aliphatic rings. The number of nitrogens with one attached hydrogen (secondary N) is 1. The Bertz CT molecular complexity index is 831. The molecule has 5 nitrogen and oxygen atoms in total. The van der Waals surface area contributed by atoms with Crippen molar-refractivity contribution < 1.29 is 9.53 Å². The molecule has 0 heterocycles. The van der Waals surface area contributed by atoms with E-state index in [1.54, 1.807) is 18.2 Å². The second-order valence-corrected chi connectivity index (χ2v) is 7.19. The van der Waals surface area contributed by atoms with Crippen LogP contribution in [0.2, 0.25) is 0 Å². The number of ether oxygens (including phenoxy) is 1. The fraction of sp³-hybridized carbons (Fsp3) is 0.318. The average molecular weight is 396 g/mol. The predicted octanol–water partition coefficient (Wildman–Crippen LogP) is 4.15. The summed E-state index contributed by atoms with van der Waals surface area (Å²) in [4.78, 5) is 14.5. The molecular formula is C22H25N3O2S. The number of nitrogens with zero attached hydrogens (tertiary/aromatic N) is 2. The zero-order valence-electron chi connectivity index (χ0n) is 16.2. The third-order valence-electron chi connectivity index (χ3n) is 3.90. The van der Waals surface area contributed by atoms with Crippen molar-refractivity contribution in [2.24, 2.45) is 5.92 Å². The summed E-state index contributed by atoms with van der Waals surface area (Å²) in [7, 11) is 0. The van der Waals surface area contributed by atoms with Crippen LogP contribution in [0.3, 0.4) is 0 Å². The maximum atomic E-state index is 12.6. The predicted molar refractivity (Wildman–Crippen MR) is 114 cm³/mol. The average Bonchev–Trinajstić information content (AvgIpc) is 2.70. The molecule has 0 fully saturated rings. The largest absolute Gasteiger partial charge is 0.493 e. The summed E-state index contributed by atoms with van der Waals surface area (Å²) in [6.07, 6.45) is 0.321. The molecule has 0 radical (unpaired) electrons. The van der Waals surface area contributed by atoms with Gasteiger partial charge in [0.1, 0.15) is 5.75 Å². The quantitative estimate of drug-likeness (QED) is 0.680. The number of hydrogen-bond acceptors (Lipinski definition) is 4. The van der Waals surface area contributed by atoms with Crippen LogP contribution in [0.15, 0.2) is 54.6 Å². The number of nitriles is 1. The Hall–Kier alpha value is -2.91. The van der Waals surface area contributed by atoms with Gasteiger partial charge < -0.3 is 9.64 Å². The SMILES string of the molecule is CC(C)COc1cccc(C(=O)NC(=S)N(CCC#N)Cc2ccccc2)c1. The van der Waals surface area contributed by atoms with E-state index in [1.807, 2.05) is 41.3 Å². The van der Waals surface area contributed by atoms with E-state index in [9.17, 15) is 4.79 Å². The molecule has 0 saturated heterocycles. The minimum atomic E-state index is -0.296. The van der Waals surface area contributed by atoms with Gasteiger partial charge in [-0.05, 0) is 41.9 Å². The number of hydrogen-bond donors (Lipinski definition) is 1. The monoisotopic (exact) mass is 395 g/mol. The van der Waals surface area contributed by atoms with Crippen molar-refractivity contribution in [2.75, 3.05) is 13.2 Å². The molecule has 0 aliphatic carbocycles. The van der Waals surface area contributed by atoms with E-state index in [4.69, 9.17) is 22.2 Å². The highest BCUT2D eigenvalue weighted by Gasteiger charge is 2.15. The minimum Gasteiger partial charge on any atom is -0.493 e. The van der Waals surface area contributed by atoms with Crippen LogP contribution in [-0.4, -0.2) is 29.1 Å². The Labute approximate surface area is 171 Å².